The van der Waals surface area contributed by atoms with Gasteiger partial charge in [-0.25, -0.2) is 0 Å². The van der Waals surface area contributed by atoms with Crippen LogP contribution in [0.2, 0.25) is 0 Å². The second kappa shape index (κ2) is 9.51. The van der Waals surface area contributed by atoms with E-state index < -0.39 is 11.8 Å². The zero-order valence-corrected chi connectivity index (χ0v) is 12.6. The van der Waals surface area contributed by atoms with Crippen LogP contribution in [0.25, 0.3) is 0 Å². The standard InChI is InChI=1S/C15H22N4O3/c1-11(7-12-5-3-2-4-6-12)19-15(22)10-18-14(21)9-17-13(20)8-16/h2-6,11H,7-10,16H2,1H3,(H,17,20)(H,18,21)(H,19,22)/t11-/m0/s1. The van der Waals surface area contributed by atoms with Crippen LogP contribution in [0.1, 0.15) is 12.5 Å². The molecule has 0 unspecified atom stereocenters. The van der Waals surface area contributed by atoms with Gasteiger partial charge in [0, 0.05) is 6.04 Å². The summed E-state index contributed by atoms with van der Waals surface area (Å²) >= 11 is 0. The van der Waals surface area contributed by atoms with Crippen molar-refractivity contribution in [3.63, 3.8) is 0 Å². The summed E-state index contributed by atoms with van der Waals surface area (Å²) in [7, 11) is 0. The minimum atomic E-state index is -0.437. The third kappa shape index (κ3) is 7.39. The Hall–Kier alpha value is -2.41. The molecule has 0 spiro atoms. The topological polar surface area (TPSA) is 113 Å². The number of carbonyl (C=O) groups excluding carboxylic acids is 3. The summed E-state index contributed by atoms with van der Waals surface area (Å²) in [6.07, 6.45) is 0.715. The molecule has 7 nitrogen and oxygen atoms in total. The Kier molecular flexibility index (Phi) is 7.63. The van der Waals surface area contributed by atoms with Gasteiger partial charge in [-0.2, -0.15) is 0 Å². The third-order valence-corrected chi connectivity index (χ3v) is 2.87. The molecule has 0 aliphatic carbocycles. The van der Waals surface area contributed by atoms with Crippen molar-refractivity contribution in [3.8, 4) is 0 Å². The number of benzene rings is 1. The first-order valence-electron chi connectivity index (χ1n) is 7.08. The van der Waals surface area contributed by atoms with E-state index in [4.69, 9.17) is 5.73 Å². The lowest BCUT2D eigenvalue weighted by Crippen LogP contribution is -2.45. The van der Waals surface area contributed by atoms with Crippen molar-refractivity contribution in [2.24, 2.45) is 5.73 Å². The molecule has 1 atom stereocenters. The van der Waals surface area contributed by atoms with Gasteiger partial charge < -0.3 is 21.7 Å². The van der Waals surface area contributed by atoms with Gasteiger partial charge in [0.15, 0.2) is 0 Å². The fourth-order valence-corrected chi connectivity index (χ4v) is 1.84. The molecule has 0 radical (unpaired) electrons. The van der Waals surface area contributed by atoms with E-state index in [9.17, 15) is 14.4 Å². The summed E-state index contributed by atoms with van der Waals surface area (Å²) in [5, 5.41) is 7.54. The number of rotatable bonds is 8. The van der Waals surface area contributed by atoms with E-state index in [0.717, 1.165) is 5.56 Å². The zero-order chi connectivity index (χ0) is 16.4. The molecule has 1 aromatic carbocycles. The van der Waals surface area contributed by atoms with Gasteiger partial charge in [-0.3, -0.25) is 14.4 Å². The molecule has 120 valence electrons. The molecule has 0 saturated carbocycles. The smallest absolute Gasteiger partial charge is 0.239 e. The van der Waals surface area contributed by atoms with Crippen molar-refractivity contribution in [2.45, 2.75) is 19.4 Å². The second-order valence-electron chi connectivity index (χ2n) is 4.92. The van der Waals surface area contributed by atoms with Gasteiger partial charge in [-0.15, -0.1) is 0 Å². The van der Waals surface area contributed by atoms with E-state index in [1.54, 1.807) is 0 Å². The minimum Gasteiger partial charge on any atom is -0.352 e. The summed E-state index contributed by atoms with van der Waals surface area (Å²) in [5.74, 6) is -1.13. The third-order valence-electron chi connectivity index (χ3n) is 2.87. The van der Waals surface area contributed by atoms with Gasteiger partial charge in [-0.05, 0) is 18.9 Å². The van der Waals surface area contributed by atoms with E-state index >= 15 is 0 Å². The Morgan fingerprint density at radius 1 is 1.00 bits per heavy atom. The highest BCUT2D eigenvalue weighted by Gasteiger charge is 2.10. The van der Waals surface area contributed by atoms with Crippen LogP contribution in [0.5, 0.6) is 0 Å². The van der Waals surface area contributed by atoms with Gasteiger partial charge in [0.2, 0.25) is 17.7 Å². The van der Waals surface area contributed by atoms with E-state index in [1.807, 2.05) is 37.3 Å². The maximum Gasteiger partial charge on any atom is 0.239 e. The van der Waals surface area contributed by atoms with Gasteiger partial charge in [0.1, 0.15) is 0 Å². The fraction of sp³-hybridized carbons (Fsp3) is 0.400. The average Bonchev–Trinajstić information content (AvgIpc) is 2.51. The molecule has 0 fully saturated rings. The normalized spacial score (nSPS) is 11.4. The lowest BCUT2D eigenvalue weighted by molar-refractivity contribution is -0.127. The molecular formula is C15H22N4O3. The van der Waals surface area contributed by atoms with Crippen molar-refractivity contribution in [3.05, 3.63) is 35.9 Å². The molecule has 0 bridgehead atoms. The minimum absolute atomic E-state index is 0.0382. The highest BCUT2D eigenvalue weighted by Crippen LogP contribution is 2.02. The molecule has 1 rings (SSSR count). The molecule has 0 saturated heterocycles. The van der Waals surface area contributed by atoms with E-state index in [0.29, 0.717) is 6.42 Å². The molecular weight excluding hydrogens is 284 g/mol. The summed E-state index contributed by atoms with van der Waals surface area (Å²) in [4.78, 5) is 34.0. The lowest BCUT2D eigenvalue weighted by Gasteiger charge is -2.14. The van der Waals surface area contributed by atoms with Crippen molar-refractivity contribution in [1.29, 1.82) is 0 Å². The Bertz CT molecular complexity index is 505. The van der Waals surface area contributed by atoms with Crippen LogP contribution >= 0.6 is 0 Å². The van der Waals surface area contributed by atoms with Gasteiger partial charge in [0.25, 0.3) is 0 Å². The SMILES string of the molecule is C[C@@H](Cc1ccccc1)NC(=O)CNC(=O)CNC(=O)CN. The van der Waals surface area contributed by atoms with Gasteiger partial charge >= 0.3 is 0 Å². The van der Waals surface area contributed by atoms with Crippen LogP contribution in [0.15, 0.2) is 30.3 Å². The maximum atomic E-state index is 11.7. The first-order valence-corrected chi connectivity index (χ1v) is 7.08. The molecule has 0 aromatic heterocycles. The molecule has 5 N–H and O–H groups in total. The van der Waals surface area contributed by atoms with E-state index in [1.165, 1.54) is 0 Å². The van der Waals surface area contributed by atoms with E-state index in [-0.39, 0.29) is 31.6 Å². The Morgan fingerprint density at radius 2 is 1.59 bits per heavy atom. The van der Waals surface area contributed by atoms with E-state index in [2.05, 4.69) is 16.0 Å². The predicted octanol–water partition coefficient (Wildman–Crippen LogP) is -1.08. The number of nitrogens with two attached hydrogens (primary N) is 1. The Labute approximate surface area is 129 Å². The summed E-state index contributed by atoms with van der Waals surface area (Å²) in [6.45, 7) is 1.40. The fourth-order valence-electron chi connectivity index (χ4n) is 1.84. The number of nitrogens with one attached hydrogen (secondary N) is 3. The molecule has 0 aliphatic rings. The summed E-state index contributed by atoms with van der Waals surface area (Å²) in [6, 6.07) is 9.77. The van der Waals surface area contributed by atoms with Crippen LogP contribution in [0.3, 0.4) is 0 Å². The Balaban J connectivity index is 2.22. The number of hydrogen-bond acceptors (Lipinski definition) is 4. The van der Waals surface area contributed by atoms with Crippen LogP contribution < -0.4 is 21.7 Å². The number of carbonyl (C=O) groups is 3. The Morgan fingerprint density at radius 3 is 2.23 bits per heavy atom. The number of amides is 3. The molecule has 1 aromatic rings. The first kappa shape index (κ1) is 17.6. The largest absolute Gasteiger partial charge is 0.352 e. The van der Waals surface area contributed by atoms with Gasteiger partial charge in [-0.1, -0.05) is 30.3 Å². The highest BCUT2D eigenvalue weighted by molar-refractivity contribution is 5.88. The van der Waals surface area contributed by atoms with Crippen LogP contribution in [-0.2, 0) is 20.8 Å². The predicted molar refractivity (Wildman–Crippen MR) is 82.8 cm³/mol. The van der Waals surface area contributed by atoms with Gasteiger partial charge in [0.05, 0.1) is 19.6 Å². The number of hydrogen-bond donors (Lipinski definition) is 4. The highest BCUT2D eigenvalue weighted by atomic mass is 16.2. The summed E-state index contributed by atoms with van der Waals surface area (Å²) in [5.41, 5.74) is 6.22. The van der Waals surface area contributed by atoms with Crippen molar-refractivity contribution in [1.82, 2.24) is 16.0 Å². The first-order chi connectivity index (χ1) is 10.5. The second-order valence-corrected chi connectivity index (χ2v) is 4.92. The molecule has 3 amide bonds. The molecule has 0 heterocycles. The van der Waals surface area contributed by atoms with Crippen molar-refractivity contribution in [2.75, 3.05) is 19.6 Å². The quantitative estimate of drug-likeness (QED) is 0.489. The zero-order valence-electron chi connectivity index (χ0n) is 12.6. The van der Waals surface area contributed by atoms with Crippen molar-refractivity contribution < 1.29 is 14.4 Å². The van der Waals surface area contributed by atoms with Crippen LogP contribution in [-0.4, -0.2) is 43.4 Å². The summed E-state index contributed by atoms with van der Waals surface area (Å²) < 4.78 is 0. The molecule has 22 heavy (non-hydrogen) atoms. The molecule has 0 aliphatic heterocycles. The van der Waals surface area contributed by atoms with Crippen LogP contribution in [0.4, 0.5) is 0 Å². The lowest BCUT2D eigenvalue weighted by atomic mass is 10.1. The maximum absolute atomic E-state index is 11.7. The average molecular weight is 306 g/mol. The van der Waals surface area contributed by atoms with Crippen molar-refractivity contribution >= 4 is 17.7 Å². The monoisotopic (exact) mass is 306 g/mol. The van der Waals surface area contributed by atoms with Crippen LogP contribution in [0, 0.1) is 0 Å². The molecule has 7 heteroatoms.